The van der Waals surface area contributed by atoms with Crippen molar-refractivity contribution in [1.82, 2.24) is 30.0 Å². The zero-order valence-corrected chi connectivity index (χ0v) is 18.3. The molecule has 2 aromatic heterocycles. The number of ether oxygens (including phenoxy) is 1. The molecule has 1 aromatic carbocycles. The minimum Gasteiger partial charge on any atom is -0.374 e. The molecule has 8 nitrogen and oxygen atoms in total. The average Bonchev–Trinajstić information content (AvgIpc) is 3.18. The number of nitrogens with one attached hydrogen (secondary N) is 1. The Balaban J connectivity index is 1.22. The monoisotopic (exact) mass is 438 g/mol. The van der Waals surface area contributed by atoms with Crippen LogP contribution in [0.15, 0.2) is 60.0 Å². The zero-order chi connectivity index (χ0) is 21.5. The highest BCUT2D eigenvalue weighted by Gasteiger charge is 2.21. The number of hydrogen-bond acceptors (Lipinski definition) is 7. The molecule has 1 atom stereocenters. The predicted octanol–water partition coefficient (Wildman–Crippen LogP) is 1.99. The summed E-state index contributed by atoms with van der Waals surface area (Å²) in [7, 11) is 1.90. The Morgan fingerprint density at radius 2 is 2.00 bits per heavy atom. The molecule has 1 saturated heterocycles. The van der Waals surface area contributed by atoms with Crippen molar-refractivity contribution in [3.8, 4) is 11.4 Å². The number of carbonyl (C=O) groups excluding carboxylic acids is 1. The van der Waals surface area contributed by atoms with Gasteiger partial charge in [0.1, 0.15) is 0 Å². The molecule has 0 unspecified atom stereocenters. The molecular formula is C22H26N6O2S. The van der Waals surface area contributed by atoms with Crippen molar-refractivity contribution in [3.05, 3.63) is 60.4 Å². The standard InChI is InChI=1S/C22H26N6O2S/c1-27-21(18-7-9-23-10-8-18)25-26-22(27)31-16-20(29)24-13-19-15-28(11-12-30-19)14-17-5-3-2-4-6-17/h2-10,19H,11-16H2,1H3,(H,24,29)/t19-/m0/s1. The van der Waals surface area contributed by atoms with Crippen LogP contribution >= 0.6 is 11.8 Å². The molecule has 1 amide bonds. The van der Waals surface area contributed by atoms with Crippen molar-refractivity contribution >= 4 is 17.7 Å². The molecule has 4 rings (SSSR count). The number of hydrogen-bond donors (Lipinski definition) is 1. The van der Waals surface area contributed by atoms with Gasteiger partial charge in [-0.25, -0.2) is 0 Å². The molecule has 1 N–H and O–H groups in total. The second kappa shape index (κ2) is 10.5. The van der Waals surface area contributed by atoms with Crippen molar-refractivity contribution in [1.29, 1.82) is 0 Å². The lowest BCUT2D eigenvalue weighted by molar-refractivity contribution is -0.119. The molecule has 3 heterocycles. The van der Waals surface area contributed by atoms with E-state index < -0.39 is 0 Å². The summed E-state index contributed by atoms with van der Waals surface area (Å²) in [5.74, 6) is 0.990. The van der Waals surface area contributed by atoms with Gasteiger partial charge in [-0.3, -0.25) is 14.7 Å². The van der Waals surface area contributed by atoms with Gasteiger partial charge in [0.05, 0.1) is 18.5 Å². The second-order valence-electron chi connectivity index (χ2n) is 7.41. The molecule has 0 bridgehead atoms. The Morgan fingerprint density at radius 1 is 1.19 bits per heavy atom. The first-order valence-electron chi connectivity index (χ1n) is 10.3. The Labute approximate surface area is 186 Å². The van der Waals surface area contributed by atoms with E-state index in [0.717, 1.165) is 31.0 Å². The SMILES string of the molecule is Cn1c(SCC(=O)NC[C@H]2CN(Cc3ccccc3)CCO2)nnc1-c1ccncc1. The third-order valence-electron chi connectivity index (χ3n) is 5.10. The van der Waals surface area contributed by atoms with E-state index in [1.54, 1.807) is 12.4 Å². The maximum Gasteiger partial charge on any atom is 0.230 e. The predicted molar refractivity (Wildman–Crippen MR) is 119 cm³/mol. The topological polar surface area (TPSA) is 85.2 Å². The largest absolute Gasteiger partial charge is 0.374 e. The number of benzene rings is 1. The summed E-state index contributed by atoms with van der Waals surface area (Å²) in [6, 6.07) is 14.2. The van der Waals surface area contributed by atoms with Crippen molar-refractivity contribution in [3.63, 3.8) is 0 Å². The Bertz CT molecular complexity index is 982. The maximum absolute atomic E-state index is 12.4. The number of rotatable bonds is 8. The average molecular weight is 439 g/mol. The highest BCUT2D eigenvalue weighted by Crippen LogP contribution is 2.21. The fraction of sp³-hybridized carbons (Fsp3) is 0.364. The van der Waals surface area contributed by atoms with Crippen LogP contribution in [-0.4, -0.2) is 68.7 Å². The number of thioether (sulfide) groups is 1. The molecule has 0 radical (unpaired) electrons. The molecule has 1 aliphatic rings. The third kappa shape index (κ3) is 5.90. The minimum absolute atomic E-state index is 0.000432. The zero-order valence-electron chi connectivity index (χ0n) is 17.5. The minimum atomic E-state index is -0.0396. The van der Waals surface area contributed by atoms with E-state index in [1.807, 2.05) is 29.8 Å². The summed E-state index contributed by atoms with van der Waals surface area (Å²) in [6.45, 7) is 3.79. The molecule has 3 aromatic rings. The number of carbonyl (C=O) groups is 1. The molecule has 9 heteroatoms. The highest BCUT2D eigenvalue weighted by atomic mass is 32.2. The Morgan fingerprint density at radius 3 is 2.81 bits per heavy atom. The maximum atomic E-state index is 12.4. The van der Waals surface area contributed by atoms with Crippen LogP contribution in [0.25, 0.3) is 11.4 Å². The first kappa shape index (κ1) is 21.5. The smallest absolute Gasteiger partial charge is 0.230 e. The summed E-state index contributed by atoms with van der Waals surface area (Å²) in [5, 5.41) is 12.1. The summed E-state index contributed by atoms with van der Waals surface area (Å²) in [6.07, 6.45) is 3.44. The molecule has 1 fully saturated rings. The highest BCUT2D eigenvalue weighted by molar-refractivity contribution is 7.99. The summed E-state index contributed by atoms with van der Waals surface area (Å²) in [5.41, 5.74) is 2.23. The number of morpholine rings is 1. The third-order valence-corrected chi connectivity index (χ3v) is 6.12. The van der Waals surface area contributed by atoms with E-state index in [2.05, 4.69) is 49.7 Å². The number of amides is 1. The van der Waals surface area contributed by atoms with Crippen LogP contribution in [0, 0.1) is 0 Å². The molecule has 0 aliphatic carbocycles. The Kier molecular flexibility index (Phi) is 7.29. The summed E-state index contributed by atoms with van der Waals surface area (Å²) < 4.78 is 7.72. The fourth-order valence-electron chi connectivity index (χ4n) is 3.49. The van der Waals surface area contributed by atoms with Gasteiger partial charge in [0.25, 0.3) is 0 Å². The van der Waals surface area contributed by atoms with Crippen molar-refractivity contribution in [2.75, 3.05) is 32.0 Å². The van der Waals surface area contributed by atoms with Gasteiger partial charge in [-0.2, -0.15) is 0 Å². The van der Waals surface area contributed by atoms with Crippen LogP contribution in [-0.2, 0) is 23.1 Å². The van der Waals surface area contributed by atoms with Gasteiger partial charge in [-0.05, 0) is 17.7 Å². The molecule has 162 valence electrons. The van der Waals surface area contributed by atoms with Gasteiger partial charge in [0, 0.05) is 51.2 Å². The van der Waals surface area contributed by atoms with Gasteiger partial charge in [-0.1, -0.05) is 42.1 Å². The molecule has 0 spiro atoms. The van der Waals surface area contributed by atoms with E-state index in [1.165, 1.54) is 17.3 Å². The van der Waals surface area contributed by atoms with Crippen LogP contribution < -0.4 is 5.32 Å². The van der Waals surface area contributed by atoms with Crippen molar-refractivity contribution < 1.29 is 9.53 Å². The molecular weight excluding hydrogens is 412 g/mol. The van der Waals surface area contributed by atoms with Crippen LogP contribution in [0.2, 0.25) is 0 Å². The van der Waals surface area contributed by atoms with Gasteiger partial charge in [0.2, 0.25) is 5.91 Å². The van der Waals surface area contributed by atoms with E-state index >= 15 is 0 Å². The Hall–Kier alpha value is -2.75. The van der Waals surface area contributed by atoms with Crippen molar-refractivity contribution in [2.24, 2.45) is 7.05 Å². The lowest BCUT2D eigenvalue weighted by Crippen LogP contribution is -2.47. The van der Waals surface area contributed by atoms with Gasteiger partial charge < -0.3 is 14.6 Å². The molecule has 1 aliphatic heterocycles. The van der Waals surface area contributed by atoms with E-state index in [4.69, 9.17) is 4.74 Å². The molecule has 31 heavy (non-hydrogen) atoms. The quantitative estimate of drug-likeness (QED) is 0.538. The first-order valence-corrected chi connectivity index (χ1v) is 11.2. The van der Waals surface area contributed by atoms with Crippen LogP contribution in [0.5, 0.6) is 0 Å². The summed E-state index contributed by atoms with van der Waals surface area (Å²) >= 11 is 1.37. The lowest BCUT2D eigenvalue weighted by Gasteiger charge is -2.33. The number of nitrogens with zero attached hydrogens (tertiary/aromatic N) is 5. The van der Waals surface area contributed by atoms with E-state index in [9.17, 15) is 4.79 Å². The number of pyridine rings is 1. The van der Waals surface area contributed by atoms with E-state index in [-0.39, 0.29) is 17.8 Å². The fourth-order valence-corrected chi connectivity index (χ4v) is 4.23. The van der Waals surface area contributed by atoms with Gasteiger partial charge >= 0.3 is 0 Å². The van der Waals surface area contributed by atoms with Crippen LogP contribution in [0.3, 0.4) is 0 Å². The van der Waals surface area contributed by atoms with Crippen molar-refractivity contribution in [2.45, 2.75) is 17.8 Å². The second-order valence-corrected chi connectivity index (χ2v) is 8.35. The first-order chi connectivity index (χ1) is 15.2. The van der Waals surface area contributed by atoms with Crippen LogP contribution in [0.1, 0.15) is 5.56 Å². The number of aromatic nitrogens is 4. The molecule has 0 saturated carbocycles. The van der Waals surface area contributed by atoms with Gasteiger partial charge in [-0.15, -0.1) is 10.2 Å². The summed E-state index contributed by atoms with van der Waals surface area (Å²) in [4.78, 5) is 18.7. The van der Waals surface area contributed by atoms with E-state index in [0.29, 0.717) is 18.3 Å². The van der Waals surface area contributed by atoms with Gasteiger partial charge in [0.15, 0.2) is 11.0 Å². The van der Waals surface area contributed by atoms with Crippen LogP contribution in [0.4, 0.5) is 0 Å². The normalized spacial score (nSPS) is 16.9. The lowest BCUT2D eigenvalue weighted by atomic mass is 10.2.